The standard InChI is InChI=1S/C40H48O10/c1-4-7-9-11-25-45-32-19-15-30(16-20-32)38(42)49-34-23-24-36(35(29-34)40(44)48-28-14-13-27-47-37(41)6-3)50-39(43)31-17-21-33(22-18-31)46-26-12-10-8-5-2/h6,15-24,29H,3-5,7-14,25-28H2,1-2H3. The van der Waals surface area contributed by atoms with Gasteiger partial charge in [0.15, 0.2) is 0 Å². The lowest BCUT2D eigenvalue weighted by Crippen LogP contribution is -2.15. The molecule has 3 aromatic carbocycles. The van der Waals surface area contributed by atoms with Gasteiger partial charge in [-0.2, -0.15) is 0 Å². The maximum Gasteiger partial charge on any atom is 0.343 e. The largest absolute Gasteiger partial charge is 0.494 e. The van der Waals surface area contributed by atoms with E-state index in [1.165, 1.54) is 18.2 Å². The van der Waals surface area contributed by atoms with E-state index >= 15 is 0 Å². The quantitative estimate of drug-likeness (QED) is 0.0414. The van der Waals surface area contributed by atoms with Gasteiger partial charge in [-0.15, -0.1) is 0 Å². The lowest BCUT2D eigenvalue weighted by molar-refractivity contribution is -0.137. The first-order valence-electron chi connectivity index (χ1n) is 17.3. The topological polar surface area (TPSA) is 124 Å². The van der Waals surface area contributed by atoms with Crippen LogP contribution in [0.4, 0.5) is 0 Å². The van der Waals surface area contributed by atoms with Crippen LogP contribution >= 0.6 is 0 Å². The zero-order valence-electron chi connectivity index (χ0n) is 29.1. The molecule has 3 rings (SSSR count). The Morgan fingerprint density at radius 3 is 1.54 bits per heavy atom. The van der Waals surface area contributed by atoms with Crippen molar-refractivity contribution in [2.45, 2.75) is 78.1 Å². The summed E-state index contributed by atoms with van der Waals surface area (Å²) in [5.74, 6) is -1.41. The van der Waals surface area contributed by atoms with Gasteiger partial charge in [-0.05, 0) is 92.4 Å². The molecular weight excluding hydrogens is 640 g/mol. The average molecular weight is 689 g/mol. The molecule has 0 aliphatic carbocycles. The van der Waals surface area contributed by atoms with Crippen LogP contribution in [-0.2, 0) is 14.3 Å². The van der Waals surface area contributed by atoms with Crippen molar-refractivity contribution in [3.05, 3.63) is 96.1 Å². The molecule has 0 unspecified atom stereocenters. The second kappa shape index (κ2) is 22.5. The van der Waals surface area contributed by atoms with E-state index in [0.29, 0.717) is 37.6 Å². The SMILES string of the molecule is C=CC(=O)OCCCCOC(=O)c1cc(OC(=O)c2ccc(OCCCCCC)cc2)ccc1OC(=O)c1ccc(OCCCCCC)cc1. The van der Waals surface area contributed by atoms with Gasteiger partial charge in [0.05, 0.1) is 37.6 Å². The maximum atomic E-state index is 13.2. The fourth-order valence-electron chi connectivity index (χ4n) is 4.64. The first-order chi connectivity index (χ1) is 24.3. The Labute approximate surface area is 294 Å². The summed E-state index contributed by atoms with van der Waals surface area (Å²) in [6, 6.07) is 17.2. The van der Waals surface area contributed by atoms with Crippen molar-refractivity contribution in [1.82, 2.24) is 0 Å². The molecule has 0 heterocycles. The van der Waals surface area contributed by atoms with Crippen molar-refractivity contribution >= 4 is 23.9 Å². The van der Waals surface area contributed by atoms with Gasteiger partial charge in [0.2, 0.25) is 0 Å². The minimum atomic E-state index is -0.791. The van der Waals surface area contributed by atoms with E-state index in [1.807, 2.05) is 0 Å². The molecule has 10 heteroatoms. The Kier molecular flexibility index (Phi) is 17.7. The van der Waals surface area contributed by atoms with E-state index in [2.05, 4.69) is 20.4 Å². The minimum Gasteiger partial charge on any atom is -0.494 e. The molecular formula is C40H48O10. The number of hydrogen-bond acceptors (Lipinski definition) is 10. The van der Waals surface area contributed by atoms with Crippen LogP contribution in [0.2, 0.25) is 0 Å². The Morgan fingerprint density at radius 1 is 0.540 bits per heavy atom. The molecule has 0 bridgehead atoms. The highest BCUT2D eigenvalue weighted by atomic mass is 16.6. The summed E-state index contributed by atoms with van der Waals surface area (Å²) in [5.41, 5.74) is 0.426. The summed E-state index contributed by atoms with van der Waals surface area (Å²) >= 11 is 0. The summed E-state index contributed by atoms with van der Waals surface area (Å²) < 4.78 is 33.0. The number of benzene rings is 3. The van der Waals surface area contributed by atoms with Gasteiger partial charge in [0, 0.05) is 6.08 Å². The molecule has 268 valence electrons. The van der Waals surface area contributed by atoms with Crippen LogP contribution in [0.3, 0.4) is 0 Å². The summed E-state index contributed by atoms with van der Waals surface area (Å²) in [7, 11) is 0. The molecule has 0 radical (unpaired) electrons. The van der Waals surface area contributed by atoms with Gasteiger partial charge in [0.1, 0.15) is 28.6 Å². The summed E-state index contributed by atoms with van der Waals surface area (Å²) in [6.45, 7) is 8.98. The van der Waals surface area contributed by atoms with E-state index in [4.69, 9.17) is 28.4 Å². The highest BCUT2D eigenvalue weighted by molar-refractivity contribution is 5.97. The molecule has 10 nitrogen and oxygen atoms in total. The molecule has 0 spiro atoms. The van der Waals surface area contributed by atoms with Crippen LogP contribution in [0.5, 0.6) is 23.0 Å². The monoisotopic (exact) mass is 688 g/mol. The Bertz CT molecular complexity index is 1510. The van der Waals surface area contributed by atoms with E-state index in [9.17, 15) is 19.2 Å². The smallest absolute Gasteiger partial charge is 0.343 e. The molecule has 0 aromatic heterocycles. The third kappa shape index (κ3) is 14.2. The Morgan fingerprint density at radius 2 is 1.02 bits per heavy atom. The fraction of sp³-hybridized carbons (Fsp3) is 0.400. The second-order valence-corrected chi connectivity index (χ2v) is 11.5. The zero-order chi connectivity index (χ0) is 36.0. The molecule has 0 atom stereocenters. The van der Waals surface area contributed by atoms with Gasteiger partial charge < -0.3 is 28.4 Å². The van der Waals surface area contributed by atoms with E-state index in [1.54, 1.807) is 48.5 Å². The van der Waals surface area contributed by atoms with Gasteiger partial charge in [-0.1, -0.05) is 59.0 Å². The highest BCUT2D eigenvalue weighted by Crippen LogP contribution is 2.28. The number of carbonyl (C=O) groups is 4. The van der Waals surface area contributed by atoms with Gasteiger partial charge in [-0.25, -0.2) is 19.2 Å². The number of unbranched alkanes of at least 4 members (excludes halogenated alkanes) is 7. The molecule has 0 fully saturated rings. The molecule has 3 aromatic rings. The number of ether oxygens (including phenoxy) is 6. The van der Waals surface area contributed by atoms with Crippen LogP contribution in [0, 0.1) is 0 Å². The van der Waals surface area contributed by atoms with Crippen molar-refractivity contribution in [1.29, 1.82) is 0 Å². The lowest BCUT2D eigenvalue weighted by Gasteiger charge is -2.13. The van der Waals surface area contributed by atoms with Crippen molar-refractivity contribution in [3.8, 4) is 23.0 Å². The van der Waals surface area contributed by atoms with Crippen LogP contribution < -0.4 is 18.9 Å². The van der Waals surface area contributed by atoms with Crippen molar-refractivity contribution < 1.29 is 47.6 Å². The normalized spacial score (nSPS) is 10.5. The first kappa shape index (κ1) is 39.3. The van der Waals surface area contributed by atoms with E-state index in [-0.39, 0.29) is 41.4 Å². The molecule has 0 N–H and O–H groups in total. The third-order valence-corrected chi connectivity index (χ3v) is 7.48. The van der Waals surface area contributed by atoms with Gasteiger partial charge >= 0.3 is 23.9 Å². The molecule has 0 saturated carbocycles. The second-order valence-electron chi connectivity index (χ2n) is 11.5. The van der Waals surface area contributed by atoms with Crippen LogP contribution in [0.25, 0.3) is 0 Å². The first-order valence-corrected chi connectivity index (χ1v) is 17.3. The summed E-state index contributed by atoms with van der Waals surface area (Å²) in [5, 5.41) is 0. The molecule has 0 saturated heterocycles. The zero-order valence-corrected chi connectivity index (χ0v) is 29.1. The van der Waals surface area contributed by atoms with Crippen molar-refractivity contribution in [2.75, 3.05) is 26.4 Å². The lowest BCUT2D eigenvalue weighted by atomic mass is 10.1. The minimum absolute atomic E-state index is 0.00874. The van der Waals surface area contributed by atoms with E-state index < -0.39 is 23.9 Å². The molecule has 0 aliphatic heterocycles. The molecule has 50 heavy (non-hydrogen) atoms. The van der Waals surface area contributed by atoms with Gasteiger partial charge in [-0.3, -0.25) is 0 Å². The maximum absolute atomic E-state index is 13.2. The molecule has 0 aliphatic rings. The van der Waals surface area contributed by atoms with Crippen molar-refractivity contribution in [2.24, 2.45) is 0 Å². The predicted octanol–water partition coefficient (Wildman–Crippen LogP) is 8.71. The summed E-state index contributed by atoms with van der Waals surface area (Å²) in [4.78, 5) is 50.4. The highest BCUT2D eigenvalue weighted by Gasteiger charge is 2.21. The van der Waals surface area contributed by atoms with Crippen LogP contribution in [0.1, 0.15) is 109 Å². The average Bonchev–Trinajstić information content (AvgIpc) is 3.13. The predicted molar refractivity (Wildman–Crippen MR) is 189 cm³/mol. The number of hydrogen-bond donors (Lipinski definition) is 0. The fourth-order valence-corrected chi connectivity index (χ4v) is 4.64. The summed E-state index contributed by atoms with van der Waals surface area (Å²) in [6.07, 6.45) is 10.6. The number of esters is 4. The molecule has 0 amide bonds. The van der Waals surface area contributed by atoms with Crippen LogP contribution in [-0.4, -0.2) is 50.3 Å². The van der Waals surface area contributed by atoms with Crippen LogP contribution in [0.15, 0.2) is 79.4 Å². The Balaban J connectivity index is 1.67. The number of rotatable bonds is 23. The Hall–Kier alpha value is -5.12. The van der Waals surface area contributed by atoms with Crippen molar-refractivity contribution in [3.63, 3.8) is 0 Å². The van der Waals surface area contributed by atoms with E-state index in [0.717, 1.165) is 57.4 Å². The number of carbonyl (C=O) groups excluding carboxylic acids is 4. The van der Waals surface area contributed by atoms with Gasteiger partial charge in [0.25, 0.3) is 0 Å². The third-order valence-electron chi connectivity index (χ3n) is 7.48.